The van der Waals surface area contributed by atoms with Crippen LogP contribution >= 0.6 is 0 Å². The lowest BCUT2D eigenvalue weighted by molar-refractivity contribution is 0.480. The lowest BCUT2D eigenvalue weighted by Gasteiger charge is -2.16. The molecule has 2 aromatic rings. The molecule has 0 bridgehead atoms. The topological polar surface area (TPSA) is 80.1 Å². The van der Waals surface area contributed by atoms with Crippen LogP contribution in [0.5, 0.6) is 0 Å². The molecule has 0 aliphatic rings. The van der Waals surface area contributed by atoms with Gasteiger partial charge in [-0.25, -0.2) is 13.4 Å². The molecule has 0 radical (unpaired) electrons. The average molecular weight is 309 g/mol. The molecule has 2 heterocycles. The molecule has 0 fully saturated rings. The van der Waals surface area contributed by atoms with Crippen LogP contribution in [0.2, 0.25) is 0 Å². The van der Waals surface area contributed by atoms with Crippen molar-refractivity contribution in [2.75, 3.05) is 25.5 Å². The minimum absolute atomic E-state index is 0.213. The van der Waals surface area contributed by atoms with Crippen molar-refractivity contribution in [3.63, 3.8) is 0 Å². The lowest BCUT2D eigenvalue weighted by Crippen LogP contribution is -2.31. The van der Waals surface area contributed by atoms with Crippen LogP contribution in [-0.4, -0.2) is 47.6 Å². The van der Waals surface area contributed by atoms with E-state index >= 15 is 0 Å². The van der Waals surface area contributed by atoms with E-state index in [0.29, 0.717) is 19.6 Å². The van der Waals surface area contributed by atoms with Gasteiger partial charge in [0.15, 0.2) is 0 Å². The van der Waals surface area contributed by atoms with Gasteiger partial charge in [-0.3, -0.25) is 4.68 Å². The molecule has 7 nitrogen and oxygen atoms in total. The van der Waals surface area contributed by atoms with Crippen molar-refractivity contribution < 1.29 is 8.42 Å². The minimum atomic E-state index is -3.49. The van der Waals surface area contributed by atoms with Crippen molar-refractivity contribution >= 4 is 15.8 Å². The fraction of sp³-hybridized carbons (Fsp3) is 0.385. The molecule has 2 rings (SSSR count). The third-order valence-electron chi connectivity index (χ3n) is 3.04. The fourth-order valence-corrected chi connectivity index (χ4v) is 2.89. The standard InChI is InChI=1S/C13H19N5O2S/c1-3-18-11-12(10-16-18)21(19,20)17(2)9-8-15-13-6-4-5-7-14-13/h4-7,10-11H,3,8-9H2,1-2H3,(H,14,15). The Morgan fingerprint density at radius 3 is 2.81 bits per heavy atom. The van der Waals surface area contributed by atoms with Gasteiger partial charge in [-0.2, -0.15) is 9.40 Å². The number of nitrogens with one attached hydrogen (secondary N) is 1. The second-order valence-corrected chi connectivity index (χ2v) is 6.54. The Labute approximate surface area is 124 Å². The van der Waals surface area contributed by atoms with Gasteiger partial charge >= 0.3 is 0 Å². The molecular weight excluding hydrogens is 290 g/mol. The molecule has 114 valence electrons. The van der Waals surface area contributed by atoms with E-state index < -0.39 is 10.0 Å². The maximum Gasteiger partial charge on any atom is 0.246 e. The monoisotopic (exact) mass is 309 g/mol. The molecule has 8 heteroatoms. The van der Waals surface area contributed by atoms with Gasteiger partial charge in [0.25, 0.3) is 0 Å². The first kappa shape index (κ1) is 15.5. The van der Waals surface area contributed by atoms with Crippen LogP contribution in [0.1, 0.15) is 6.92 Å². The van der Waals surface area contributed by atoms with Gasteiger partial charge in [-0.1, -0.05) is 6.07 Å². The highest BCUT2D eigenvalue weighted by Gasteiger charge is 2.22. The summed E-state index contributed by atoms with van der Waals surface area (Å²) in [5, 5.41) is 7.07. The second kappa shape index (κ2) is 6.68. The van der Waals surface area contributed by atoms with E-state index in [1.54, 1.807) is 17.9 Å². The normalized spacial score (nSPS) is 11.8. The predicted molar refractivity (Wildman–Crippen MR) is 80.4 cm³/mol. The molecule has 0 saturated carbocycles. The molecule has 1 N–H and O–H groups in total. The largest absolute Gasteiger partial charge is 0.369 e. The van der Waals surface area contributed by atoms with E-state index in [-0.39, 0.29) is 4.90 Å². The number of aryl methyl sites for hydroxylation is 1. The molecule has 0 aliphatic heterocycles. The van der Waals surface area contributed by atoms with Crippen LogP contribution in [0.25, 0.3) is 0 Å². The smallest absolute Gasteiger partial charge is 0.246 e. The Morgan fingerprint density at radius 1 is 1.38 bits per heavy atom. The van der Waals surface area contributed by atoms with E-state index in [2.05, 4.69) is 15.4 Å². The maximum absolute atomic E-state index is 12.3. The van der Waals surface area contributed by atoms with E-state index in [1.165, 1.54) is 16.7 Å². The Morgan fingerprint density at radius 2 is 2.19 bits per heavy atom. The number of likely N-dealkylation sites (N-methyl/N-ethyl adjacent to an activating group) is 1. The minimum Gasteiger partial charge on any atom is -0.369 e. The quantitative estimate of drug-likeness (QED) is 0.826. The van der Waals surface area contributed by atoms with E-state index in [0.717, 1.165) is 5.82 Å². The average Bonchev–Trinajstić information content (AvgIpc) is 2.98. The molecule has 0 aromatic carbocycles. The highest BCUT2D eigenvalue weighted by Crippen LogP contribution is 2.12. The molecule has 0 atom stereocenters. The first-order valence-electron chi connectivity index (χ1n) is 6.67. The van der Waals surface area contributed by atoms with Gasteiger partial charge in [0.05, 0.1) is 6.20 Å². The highest BCUT2D eigenvalue weighted by atomic mass is 32.2. The fourth-order valence-electron chi connectivity index (χ4n) is 1.76. The Bertz CT molecular complexity index is 669. The summed E-state index contributed by atoms with van der Waals surface area (Å²) < 4.78 is 27.6. The zero-order chi connectivity index (χ0) is 15.3. The third kappa shape index (κ3) is 3.79. The molecule has 0 unspecified atom stereocenters. The van der Waals surface area contributed by atoms with Crippen molar-refractivity contribution in [2.24, 2.45) is 0 Å². The molecule has 0 spiro atoms. The van der Waals surface area contributed by atoms with Gasteiger partial charge in [-0.05, 0) is 19.1 Å². The summed E-state index contributed by atoms with van der Waals surface area (Å²) in [6, 6.07) is 5.53. The summed E-state index contributed by atoms with van der Waals surface area (Å²) in [7, 11) is -1.94. The van der Waals surface area contributed by atoms with Gasteiger partial charge < -0.3 is 5.32 Å². The number of nitrogens with zero attached hydrogens (tertiary/aromatic N) is 4. The first-order chi connectivity index (χ1) is 10.0. The van der Waals surface area contributed by atoms with Gasteiger partial charge in [0.2, 0.25) is 10.0 Å². The number of anilines is 1. The van der Waals surface area contributed by atoms with E-state index in [9.17, 15) is 8.42 Å². The van der Waals surface area contributed by atoms with Gasteiger partial charge in [-0.15, -0.1) is 0 Å². The van der Waals surface area contributed by atoms with Crippen molar-refractivity contribution in [1.29, 1.82) is 0 Å². The van der Waals surface area contributed by atoms with Gasteiger partial charge in [0, 0.05) is 39.1 Å². The van der Waals surface area contributed by atoms with Crippen molar-refractivity contribution in [1.82, 2.24) is 19.1 Å². The van der Waals surface area contributed by atoms with Crippen LogP contribution < -0.4 is 5.32 Å². The van der Waals surface area contributed by atoms with Crippen LogP contribution in [0.15, 0.2) is 41.7 Å². The zero-order valence-electron chi connectivity index (χ0n) is 12.1. The molecule has 2 aromatic heterocycles. The highest BCUT2D eigenvalue weighted by molar-refractivity contribution is 7.89. The van der Waals surface area contributed by atoms with Crippen molar-refractivity contribution in [3.05, 3.63) is 36.8 Å². The lowest BCUT2D eigenvalue weighted by atomic mass is 10.4. The first-order valence-corrected chi connectivity index (χ1v) is 8.11. The molecule has 0 aliphatic carbocycles. The number of hydrogen-bond donors (Lipinski definition) is 1. The summed E-state index contributed by atoms with van der Waals surface area (Å²) in [5.74, 6) is 0.724. The van der Waals surface area contributed by atoms with Crippen molar-refractivity contribution in [3.8, 4) is 0 Å². The van der Waals surface area contributed by atoms with Gasteiger partial charge in [0.1, 0.15) is 10.7 Å². The van der Waals surface area contributed by atoms with Crippen LogP contribution in [0.4, 0.5) is 5.82 Å². The number of hydrogen-bond acceptors (Lipinski definition) is 5. The van der Waals surface area contributed by atoms with E-state index in [4.69, 9.17) is 0 Å². The number of sulfonamides is 1. The predicted octanol–water partition coefficient (Wildman–Crippen LogP) is 1.03. The second-order valence-electron chi connectivity index (χ2n) is 4.50. The zero-order valence-corrected chi connectivity index (χ0v) is 12.9. The Kier molecular flexibility index (Phi) is 4.92. The Hall–Kier alpha value is -1.93. The summed E-state index contributed by atoms with van der Waals surface area (Å²) in [6.45, 7) is 3.37. The van der Waals surface area contributed by atoms with Crippen LogP contribution in [-0.2, 0) is 16.6 Å². The maximum atomic E-state index is 12.3. The summed E-state index contributed by atoms with van der Waals surface area (Å²) >= 11 is 0. The molecule has 0 saturated heterocycles. The summed E-state index contributed by atoms with van der Waals surface area (Å²) in [6.07, 6.45) is 4.60. The number of pyridine rings is 1. The molecule has 21 heavy (non-hydrogen) atoms. The number of aromatic nitrogens is 3. The van der Waals surface area contributed by atoms with Crippen molar-refractivity contribution in [2.45, 2.75) is 18.4 Å². The number of rotatable bonds is 7. The van der Waals surface area contributed by atoms with E-state index in [1.807, 2.05) is 25.1 Å². The third-order valence-corrected chi connectivity index (χ3v) is 4.85. The SMILES string of the molecule is CCn1cc(S(=O)(=O)N(C)CCNc2ccccn2)cn1. The summed E-state index contributed by atoms with van der Waals surface area (Å²) in [5.41, 5.74) is 0. The summed E-state index contributed by atoms with van der Waals surface area (Å²) in [4.78, 5) is 4.33. The van der Waals surface area contributed by atoms with Crippen LogP contribution in [0, 0.1) is 0 Å². The Balaban J connectivity index is 1.94. The molecule has 0 amide bonds. The molecular formula is C13H19N5O2S. The van der Waals surface area contributed by atoms with Crippen LogP contribution in [0.3, 0.4) is 0 Å².